The molecule has 2 unspecified atom stereocenters. The van der Waals surface area contributed by atoms with Crippen LogP contribution in [0.15, 0.2) is 29.3 Å². The second-order valence-electron chi connectivity index (χ2n) is 8.37. The molecule has 3 aliphatic rings. The van der Waals surface area contributed by atoms with Crippen molar-refractivity contribution in [2.75, 3.05) is 26.7 Å². The van der Waals surface area contributed by atoms with Crippen LogP contribution in [0.25, 0.3) is 0 Å². The summed E-state index contributed by atoms with van der Waals surface area (Å²) in [6.45, 7) is 3.04. The van der Waals surface area contributed by atoms with Gasteiger partial charge in [0.25, 0.3) is 0 Å². The first-order valence-electron chi connectivity index (χ1n) is 10.6. The van der Waals surface area contributed by atoms with Crippen LogP contribution in [0.4, 0.5) is 0 Å². The van der Waals surface area contributed by atoms with Crippen molar-refractivity contribution >= 4 is 41.5 Å². The van der Waals surface area contributed by atoms with E-state index in [1.807, 2.05) is 19.2 Å². The van der Waals surface area contributed by atoms with Crippen LogP contribution in [-0.2, 0) is 4.74 Å². The highest BCUT2D eigenvalue weighted by atomic mass is 127. The van der Waals surface area contributed by atoms with Crippen molar-refractivity contribution < 1.29 is 4.74 Å². The van der Waals surface area contributed by atoms with E-state index in [9.17, 15) is 0 Å². The molecular weight excluding hydrogens is 485 g/mol. The van der Waals surface area contributed by atoms with E-state index in [-0.39, 0.29) is 24.0 Å². The van der Waals surface area contributed by atoms with Gasteiger partial charge in [-0.1, -0.05) is 36.6 Å². The summed E-state index contributed by atoms with van der Waals surface area (Å²) in [4.78, 5) is 6.93. The zero-order chi connectivity index (χ0) is 18.6. The number of nitrogens with one attached hydrogen (secondary N) is 1. The summed E-state index contributed by atoms with van der Waals surface area (Å²) < 4.78 is 6.21. The van der Waals surface area contributed by atoms with Crippen molar-refractivity contribution in [3.63, 3.8) is 0 Å². The maximum absolute atomic E-state index is 6.21. The van der Waals surface area contributed by atoms with E-state index in [1.165, 1.54) is 31.2 Å². The summed E-state index contributed by atoms with van der Waals surface area (Å²) in [7, 11) is 1.89. The van der Waals surface area contributed by atoms with Crippen molar-refractivity contribution in [2.45, 2.75) is 63.0 Å². The Morgan fingerprint density at radius 3 is 2.64 bits per heavy atom. The predicted molar refractivity (Wildman–Crippen MR) is 127 cm³/mol. The Morgan fingerprint density at radius 2 is 1.96 bits per heavy atom. The Bertz CT molecular complexity index is 657. The highest BCUT2D eigenvalue weighted by Crippen LogP contribution is 2.41. The summed E-state index contributed by atoms with van der Waals surface area (Å²) in [5.74, 6) is 2.40. The lowest BCUT2D eigenvalue weighted by atomic mass is 10.1. The summed E-state index contributed by atoms with van der Waals surface area (Å²) in [5, 5.41) is 4.48. The van der Waals surface area contributed by atoms with Crippen molar-refractivity contribution in [3.8, 4) is 0 Å². The fourth-order valence-electron chi connectivity index (χ4n) is 4.61. The SMILES string of the molecule is CN=C(NC1CC1c1cccc(Cl)c1)N1CCC(OCC2CCCC2)CC1.I. The van der Waals surface area contributed by atoms with E-state index >= 15 is 0 Å². The Kier molecular flexibility index (Phi) is 8.30. The van der Waals surface area contributed by atoms with Gasteiger partial charge in [-0.15, -0.1) is 24.0 Å². The van der Waals surface area contributed by atoms with Gasteiger partial charge in [0.1, 0.15) is 0 Å². The fourth-order valence-corrected chi connectivity index (χ4v) is 4.81. The number of nitrogens with zero attached hydrogens (tertiary/aromatic N) is 2. The topological polar surface area (TPSA) is 36.9 Å². The van der Waals surface area contributed by atoms with Crippen LogP contribution in [0.3, 0.4) is 0 Å². The van der Waals surface area contributed by atoms with E-state index < -0.39 is 0 Å². The lowest BCUT2D eigenvalue weighted by Gasteiger charge is -2.34. The number of likely N-dealkylation sites (tertiary alicyclic amines) is 1. The number of ether oxygens (including phenoxy) is 1. The van der Waals surface area contributed by atoms with E-state index in [4.69, 9.17) is 16.3 Å². The Morgan fingerprint density at radius 1 is 1.21 bits per heavy atom. The molecule has 0 bridgehead atoms. The largest absolute Gasteiger partial charge is 0.378 e. The summed E-state index contributed by atoms with van der Waals surface area (Å²) in [6, 6.07) is 8.71. The molecule has 1 aromatic rings. The molecular formula is C22H33ClIN3O. The zero-order valence-corrected chi connectivity index (χ0v) is 19.9. The number of hydrogen-bond donors (Lipinski definition) is 1. The number of aliphatic imine (C=N–C) groups is 1. The van der Waals surface area contributed by atoms with Gasteiger partial charge in [-0.05, 0) is 55.7 Å². The van der Waals surface area contributed by atoms with Crippen LogP contribution in [0.1, 0.15) is 56.4 Å². The quantitative estimate of drug-likeness (QED) is 0.337. The summed E-state index contributed by atoms with van der Waals surface area (Å²) in [5.41, 5.74) is 1.33. The number of benzene rings is 1. The van der Waals surface area contributed by atoms with Crippen LogP contribution in [0, 0.1) is 5.92 Å². The minimum absolute atomic E-state index is 0. The number of piperidine rings is 1. The first-order valence-corrected chi connectivity index (χ1v) is 11.0. The van der Waals surface area contributed by atoms with Crippen molar-refractivity contribution in [1.29, 1.82) is 0 Å². The molecule has 2 aliphatic carbocycles. The lowest BCUT2D eigenvalue weighted by Crippen LogP contribution is -2.48. The second kappa shape index (κ2) is 10.5. The van der Waals surface area contributed by atoms with Gasteiger partial charge in [-0.2, -0.15) is 0 Å². The van der Waals surface area contributed by atoms with Gasteiger partial charge in [0.05, 0.1) is 6.10 Å². The number of hydrogen-bond acceptors (Lipinski definition) is 2. The molecule has 1 N–H and O–H groups in total. The van der Waals surface area contributed by atoms with E-state index in [1.54, 1.807) is 0 Å². The molecule has 1 heterocycles. The molecule has 1 aromatic carbocycles. The van der Waals surface area contributed by atoms with Gasteiger partial charge in [0.15, 0.2) is 5.96 Å². The van der Waals surface area contributed by atoms with E-state index in [2.05, 4.69) is 27.3 Å². The van der Waals surface area contributed by atoms with Gasteiger partial charge >= 0.3 is 0 Å². The third-order valence-corrected chi connectivity index (χ3v) is 6.61. The zero-order valence-electron chi connectivity index (χ0n) is 16.8. The first-order chi connectivity index (χ1) is 13.2. The average Bonchev–Trinajstić information content (AvgIpc) is 3.27. The normalized spacial score (nSPS) is 26.2. The molecule has 0 spiro atoms. The van der Waals surface area contributed by atoms with Gasteiger partial charge in [-0.3, -0.25) is 4.99 Å². The fraction of sp³-hybridized carbons (Fsp3) is 0.682. The van der Waals surface area contributed by atoms with Crippen LogP contribution in [-0.4, -0.2) is 49.7 Å². The number of halogens is 2. The number of rotatable bonds is 5. The van der Waals surface area contributed by atoms with E-state index in [0.717, 1.165) is 55.9 Å². The molecule has 4 nitrogen and oxygen atoms in total. The molecule has 4 rings (SSSR count). The smallest absolute Gasteiger partial charge is 0.193 e. The van der Waals surface area contributed by atoms with Gasteiger partial charge in [-0.25, -0.2) is 0 Å². The average molecular weight is 518 g/mol. The molecule has 0 aromatic heterocycles. The predicted octanol–water partition coefficient (Wildman–Crippen LogP) is 5.06. The van der Waals surface area contributed by atoms with Gasteiger partial charge in [0.2, 0.25) is 0 Å². The Labute approximate surface area is 191 Å². The van der Waals surface area contributed by atoms with Crippen LogP contribution >= 0.6 is 35.6 Å². The third kappa shape index (κ3) is 5.76. The molecule has 0 amide bonds. The molecule has 2 atom stereocenters. The minimum Gasteiger partial charge on any atom is -0.378 e. The molecule has 6 heteroatoms. The summed E-state index contributed by atoms with van der Waals surface area (Å²) in [6.07, 6.45) is 9.32. The maximum atomic E-state index is 6.21. The lowest BCUT2D eigenvalue weighted by molar-refractivity contribution is 0.00101. The molecule has 1 aliphatic heterocycles. The monoisotopic (exact) mass is 517 g/mol. The van der Waals surface area contributed by atoms with Crippen LogP contribution in [0.5, 0.6) is 0 Å². The Balaban J connectivity index is 0.00000225. The second-order valence-corrected chi connectivity index (χ2v) is 8.80. The van der Waals surface area contributed by atoms with Crippen LogP contribution in [0.2, 0.25) is 5.02 Å². The van der Waals surface area contributed by atoms with Gasteiger partial charge < -0.3 is 15.0 Å². The van der Waals surface area contributed by atoms with Gasteiger partial charge in [0, 0.05) is 43.7 Å². The molecule has 3 fully saturated rings. The molecule has 156 valence electrons. The van der Waals surface area contributed by atoms with Crippen molar-refractivity contribution in [1.82, 2.24) is 10.2 Å². The summed E-state index contributed by atoms with van der Waals surface area (Å²) >= 11 is 6.14. The van der Waals surface area contributed by atoms with Crippen LogP contribution < -0.4 is 5.32 Å². The highest BCUT2D eigenvalue weighted by molar-refractivity contribution is 14.0. The van der Waals surface area contributed by atoms with E-state index in [0.29, 0.717) is 18.1 Å². The standard InChI is InChI=1S/C22H32ClN3O.HI/c1-24-22(25-21-14-20(21)17-7-4-8-18(23)13-17)26-11-9-19(10-12-26)27-15-16-5-2-3-6-16;/h4,7-8,13,16,19-21H,2-3,5-6,9-12,14-15H2,1H3,(H,24,25);1H. The highest BCUT2D eigenvalue weighted by Gasteiger charge is 2.40. The minimum atomic E-state index is 0. The maximum Gasteiger partial charge on any atom is 0.193 e. The van der Waals surface area contributed by atoms with Crippen molar-refractivity contribution in [3.05, 3.63) is 34.9 Å². The first kappa shape index (κ1) is 22.2. The number of guanidine groups is 1. The van der Waals surface area contributed by atoms with Crippen molar-refractivity contribution in [2.24, 2.45) is 10.9 Å². The molecule has 0 radical (unpaired) electrons. The molecule has 1 saturated heterocycles. The molecule has 28 heavy (non-hydrogen) atoms. The third-order valence-electron chi connectivity index (χ3n) is 6.38. The molecule has 2 saturated carbocycles. The Hall–Kier alpha value is -0.530.